The Morgan fingerprint density at radius 2 is 1.88 bits per heavy atom. The first-order valence-corrected chi connectivity index (χ1v) is 11.2. The number of anilines is 1. The average Bonchev–Trinajstić information content (AvgIpc) is 2.71. The summed E-state index contributed by atoms with van der Waals surface area (Å²) in [6.45, 7) is 6.84. The van der Waals surface area contributed by atoms with Crippen LogP contribution in [0.25, 0.3) is 0 Å². The number of rotatable bonds is 6. The zero-order chi connectivity index (χ0) is 24.5. The van der Waals surface area contributed by atoms with E-state index in [0.29, 0.717) is 16.8 Å². The number of carbonyl (C=O) groups is 4. The molecule has 10 nitrogen and oxygen atoms in total. The summed E-state index contributed by atoms with van der Waals surface area (Å²) in [5.41, 5.74) is 0.0639. The monoisotopic (exact) mass is 477 g/mol. The van der Waals surface area contributed by atoms with Gasteiger partial charge in [-0.2, -0.15) is 0 Å². The molecule has 2 aliphatic rings. The Morgan fingerprint density at radius 3 is 2.48 bits per heavy atom. The van der Waals surface area contributed by atoms with Gasteiger partial charge in [-0.05, 0) is 44.9 Å². The van der Waals surface area contributed by atoms with Gasteiger partial charge in [-0.15, -0.1) is 0 Å². The third-order valence-electron chi connectivity index (χ3n) is 5.01. The molecule has 3 atom stereocenters. The Labute approximate surface area is 195 Å². The number of carboxylic acids is 1. The first-order valence-electron chi connectivity index (χ1n) is 10.3. The van der Waals surface area contributed by atoms with Crippen molar-refractivity contribution in [2.75, 3.05) is 12.4 Å². The van der Waals surface area contributed by atoms with Crippen molar-refractivity contribution in [3.05, 3.63) is 41.1 Å². The summed E-state index contributed by atoms with van der Waals surface area (Å²) >= 11 is 1.26. The van der Waals surface area contributed by atoms with Crippen LogP contribution in [0.5, 0.6) is 0 Å². The fourth-order valence-electron chi connectivity index (χ4n) is 3.62. The van der Waals surface area contributed by atoms with E-state index in [-0.39, 0.29) is 12.1 Å². The highest BCUT2D eigenvalue weighted by atomic mass is 32.2. The van der Waals surface area contributed by atoms with E-state index in [2.05, 4.69) is 10.6 Å². The van der Waals surface area contributed by atoms with Gasteiger partial charge in [0.1, 0.15) is 28.1 Å². The van der Waals surface area contributed by atoms with Gasteiger partial charge in [0.15, 0.2) is 0 Å². The smallest absolute Gasteiger partial charge is 0.412 e. The molecule has 0 saturated carbocycles. The molecule has 0 radical (unpaired) electrons. The summed E-state index contributed by atoms with van der Waals surface area (Å²) in [6.07, 6.45) is -0.741. The topological polar surface area (TPSA) is 134 Å². The lowest BCUT2D eigenvalue weighted by Crippen LogP contribution is -2.71. The van der Waals surface area contributed by atoms with Gasteiger partial charge < -0.3 is 19.9 Å². The number of aliphatic carboxylic acids is 1. The molecule has 0 unspecified atom stereocenters. The van der Waals surface area contributed by atoms with Gasteiger partial charge in [0, 0.05) is 12.8 Å². The van der Waals surface area contributed by atoms with E-state index in [0.717, 1.165) is 0 Å². The van der Waals surface area contributed by atoms with E-state index >= 15 is 0 Å². The van der Waals surface area contributed by atoms with Gasteiger partial charge in [-0.25, -0.2) is 9.59 Å². The maximum Gasteiger partial charge on any atom is 0.412 e. The normalized spacial score (nSPS) is 22.3. The summed E-state index contributed by atoms with van der Waals surface area (Å²) in [7, 11) is 1.46. The highest BCUT2D eigenvalue weighted by Gasteiger charge is 2.55. The van der Waals surface area contributed by atoms with Gasteiger partial charge in [0.25, 0.3) is 5.91 Å². The molecule has 0 aliphatic carbocycles. The largest absolute Gasteiger partial charge is 0.477 e. The van der Waals surface area contributed by atoms with Crippen molar-refractivity contribution < 1.29 is 33.8 Å². The lowest BCUT2D eigenvalue weighted by Gasteiger charge is -2.50. The summed E-state index contributed by atoms with van der Waals surface area (Å²) < 4.78 is 10.6. The number of hydrogen-bond acceptors (Lipinski definition) is 7. The lowest BCUT2D eigenvalue weighted by molar-refractivity contribution is -0.151. The maximum atomic E-state index is 12.7. The number of para-hydroxylation sites is 1. The molecule has 33 heavy (non-hydrogen) atoms. The van der Waals surface area contributed by atoms with Crippen LogP contribution in [0, 0.1) is 0 Å². The van der Waals surface area contributed by atoms with Crippen molar-refractivity contribution in [1.29, 1.82) is 0 Å². The van der Waals surface area contributed by atoms with Crippen molar-refractivity contribution in [2.24, 2.45) is 0 Å². The number of β-lactam (4-membered cyclic amide) rings is 1. The van der Waals surface area contributed by atoms with Crippen LogP contribution in [0.15, 0.2) is 35.5 Å². The van der Waals surface area contributed by atoms with Crippen LogP contribution in [-0.2, 0) is 30.3 Å². The molecule has 178 valence electrons. The number of fused-ring (bicyclic) bond motifs is 1. The molecule has 0 aromatic heterocycles. The van der Waals surface area contributed by atoms with E-state index in [9.17, 15) is 24.3 Å². The van der Waals surface area contributed by atoms with E-state index in [4.69, 9.17) is 9.47 Å². The quantitative estimate of drug-likeness (QED) is 0.532. The van der Waals surface area contributed by atoms with E-state index < -0.39 is 46.3 Å². The van der Waals surface area contributed by atoms with Gasteiger partial charge in [0.05, 0.1) is 6.42 Å². The Hall–Kier alpha value is -3.05. The van der Waals surface area contributed by atoms with Crippen molar-refractivity contribution in [3.63, 3.8) is 0 Å². The molecule has 1 aromatic carbocycles. The first-order chi connectivity index (χ1) is 15.4. The molecule has 1 fully saturated rings. The Morgan fingerprint density at radius 1 is 1.21 bits per heavy atom. The van der Waals surface area contributed by atoms with Crippen molar-refractivity contribution in [2.45, 2.75) is 56.6 Å². The van der Waals surface area contributed by atoms with Gasteiger partial charge in [0.2, 0.25) is 5.91 Å². The molecular weight excluding hydrogens is 450 g/mol. The van der Waals surface area contributed by atoms with Crippen LogP contribution >= 0.6 is 11.8 Å². The van der Waals surface area contributed by atoms with Crippen LogP contribution in [-0.4, -0.2) is 63.4 Å². The minimum absolute atomic E-state index is 0.0957. The average molecular weight is 478 g/mol. The number of hydrogen-bond donors (Lipinski definition) is 3. The van der Waals surface area contributed by atoms with Crippen LogP contribution in [0.2, 0.25) is 0 Å². The minimum Gasteiger partial charge on any atom is -0.477 e. The molecule has 3 rings (SSSR count). The summed E-state index contributed by atoms with van der Waals surface area (Å²) in [4.78, 5) is 50.4. The highest BCUT2D eigenvalue weighted by Crippen LogP contribution is 2.44. The second-order valence-electron chi connectivity index (χ2n) is 8.65. The Balaban J connectivity index is 1.69. The summed E-state index contributed by atoms with van der Waals surface area (Å²) in [5.74, 6) is -2.16. The number of nitrogens with zero attached hydrogens (tertiary/aromatic N) is 1. The molecule has 3 N–H and O–H groups in total. The molecule has 1 saturated heterocycles. The van der Waals surface area contributed by atoms with Crippen molar-refractivity contribution in [1.82, 2.24) is 10.2 Å². The van der Waals surface area contributed by atoms with Gasteiger partial charge in [-0.3, -0.25) is 19.8 Å². The van der Waals surface area contributed by atoms with Gasteiger partial charge in [-0.1, -0.05) is 30.0 Å². The number of nitrogens with one attached hydrogen (secondary N) is 2. The van der Waals surface area contributed by atoms with Gasteiger partial charge >= 0.3 is 12.1 Å². The minimum atomic E-state index is -1.22. The number of benzene rings is 1. The zero-order valence-electron chi connectivity index (χ0n) is 19.0. The molecule has 0 bridgehead atoms. The van der Waals surface area contributed by atoms with Crippen LogP contribution in [0.4, 0.5) is 10.5 Å². The number of carboxylic acid groups (broad SMARTS) is 1. The molecule has 11 heteroatoms. The van der Waals surface area contributed by atoms with Crippen LogP contribution < -0.4 is 10.6 Å². The Kier molecular flexibility index (Phi) is 7.03. The van der Waals surface area contributed by atoms with Crippen LogP contribution in [0.3, 0.4) is 0 Å². The van der Waals surface area contributed by atoms with Crippen LogP contribution in [0.1, 0.15) is 33.3 Å². The summed E-state index contributed by atoms with van der Waals surface area (Å²) in [5, 5.41) is 14.3. The van der Waals surface area contributed by atoms with E-state index in [1.54, 1.807) is 52.0 Å². The standard InChI is InChI=1S/C22H27N3O7S/c1-11-16(19(28)29)25-17(27)15(18(25)33-20(11)31-5)24-14(26)10-12-8-6-7-9-13(12)23-21(30)32-22(2,3)4/h6-9,15,18,20H,10H2,1-5H3,(H,23,30)(H,24,26)(H,28,29)/t15-,18-,20-/m0/s1. The first kappa shape index (κ1) is 24.6. The van der Waals surface area contributed by atoms with Crippen molar-refractivity contribution >= 4 is 41.3 Å². The third kappa shape index (κ3) is 5.31. The molecule has 3 amide bonds. The van der Waals surface area contributed by atoms with Crippen molar-refractivity contribution in [3.8, 4) is 0 Å². The fraction of sp³-hybridized carbons (Fsp3) is 0.455. The maximum absolute atomic E-state index is 12.7. The molecule has 0 spiro atoms. The number of ether oxygens (including phenoxy) is 2. The number of carbonyl (C=O) groups excluding carboxylic acids is 3. The van der Waals surface area contributed by atoms with E-state index in [1.165, 1.54) is 23.8 Å². The molecule has 1 aromatic rings. The molecular formula is C22H27N3O7S. The second kappa shape index (κ2) is 9.44. The molecule has 2 heterocycles. The second-order valence-corrected chi connectivity index (χ2v) is 9.83. The fourth-order valence-corrected chi connectivity index (χ4v) is 4.97. The summed E-state index contributed by atoms with van der Waals surface area (Å²) in [6, 6.07) is 5.90. The lowest BCUT2D eigenvalue weighted by atomic mass is 10.0. The molecule has 2 aliphatic heterocycles. The predicted molar refractivity (Wildman–Crippen MR) is 121 cm³/mol. The number of methoxy groups -OCH3 is 1. The highest BCUT2D eigenvalue weighted by molar-refractivity contribution is 8.00. The Bertz CT molecular complexity index is 1020. The number of thioether (sulfide) groups is 1. The van der Waals surface area contributed by atoms with E-state index in [1.807, 2.05) is 0 Å². The predicted octanol–water partition coefficient (Wildman–Crippen LogP) is 2.31. The zero-order valence-corrected chi connectivity index (χ0v) is 19.8. The SMILES string of the molecule is CO[C@H]1S[C@H]2[C@@H](NC(=O)Cc3ccccc3NC(=O)OC(C)(C)C)C(=O)N2C(C(=O)O)=C1C. The number of amides is 3. The third-order valence-corrected chi connectivity index (χ3v) is 6.57.